The van der Waals surface area contributed by atoms with E-state index in [1.54, 1.807) is 0 Å². The normalized spacial score (nSPS) is 11.1. The lowest BCUT2D eigenvalue weighted by atomic mass is 10.1. The zero-order valence-corrected chi connectivity index (χ0v) is 10.1. The van der Waals surface area contributed by atoms with Gasteiger partial charge in [-0.25, -0.2) is 0 Å². The number of carbonyl (C=O) groups is 1. The summed E-state index contributed by atoms with van der Waals surface area (Å²) in [5, 5.41) is 0. The number of benzene rings is 1. The molecule has 0 atom stereocenters. The number of allylic oxidation sites excluding steroid dienone is 3. The van der Waals surface area contributed by atoms with E-state index in [-0.39, 0.29) is 5.97 Å². The summed E-state index contributed by atoms with van der Waals surface area (Å²) in [6, 6.07) is 9.94. The summed E-state index contributed by atoms with van der Waals surface area (Å²) >= 11 is 0. The van der Waals surface area contributed by atoms with Gasteiger partial charge in [0.05, 0.1) is 0 Å². The Hall–Kier alpha value is -1.83. The van der Waals surface area contributed by atoms with Crippen molar-refractivity contribution in [3.05, 3.63) is 60.2 Å². The van der Waals surface area contributed by atoms with Gasteiger partial charge in [0.25, 0.3) is 0 Å². The first kappa shape index (κ1) is 13.2. The molecule has 0 radical (unpaired) electrons. The van der Waals surface area contributed by atoms with Crippen molar-refractivity contribution in [3.8, 4) is 0 Å². The lowest BCUT2D eigenvalue weighted by Gasteiger charge is -2.01. The van der Waals surface area contributed by atoms with Crippen molar-refractivity contribution in [1.29, 1.82) is 0 Å². The van der Waals surface area contributed by atoms with E-state index >= 15 is 0 Å². The first-order valence-corrected chi connectivity index (χ1v) is 5.80. The Bertz CT molecular complexity index is 377. The maximum Gasteiger partial charge on any atom is 0.306 e. The largest absolute Gasteiger partial charge is 0.461 e. The maximum atomic E-state index is 11.4. The molecular weight excluding hydrogens is 212 g/mol. The van der Waals surface area contributed by atoms with Crippen LogP contribution in [-0.4, -0.2) is 12.6 Å². The highest BCUT2D eigenvalue weighted by molar-refractivity contribution is 5.69. The third-order valence-electron chi connectivity index (χ3n) is 2.24. The molecular formula is C15H18O2. The van der Waals surface area contributed by atoms with Crippen LogP contribution >= 0.6 is 0 Å². The predicted octanol–water partition coefficient (Wildman–Crippen LogP) is 3.29. The van der Waals surface area contributed by atoms with E-state index in [1.807, 2.05) is 61.6 Å². The minimum atomic E-state index is -0.154. The number of rotatable bonds is 6. The highest BCUT2D eigenvalue weighted by Gasteiger charge is 2.01. The van der Waals surface area contributed by atoms with Gasteiger partial charge in [-0.05, 0) is 25.0 Å². The lowest BCUT2D eigenvalue weighted by molar-refractivity contribution is -0.142. The van der Waals surface area contributed by atoms with E-state index in [9.17, 15) is 4.79 Å². The number of aryl methyl sites for hydroxylation is 1. The molecule has 90 valence electrons. The van der Waals surface area contributed by atoms with Gasteiger partial charge in [0.2, 0.25) is 0 Å². The van der Waals surface area contributed by atoms with Crippen molar-refractivity contribution in [3.63, 3.8) is 0 Å². The van der Waals surface area contributed by atoms with Crippen LogP contribution < -0.4 is 0 Å². The molecule has 0 amide bonds. The van der Waals surface area contributed by atoms with Gasteiger partial charge in [0, 0.05) is 6.42 Å². The van der Waals surface area contributed by atoms with Gasteiger partial charge < -0.3 is 4.74 Å². The Morgan fingerprint density at radius 1 is 1.24 bits per heavy atom. The number of hydrogen-bond donors (Lipinski definition) is 0. The maximum absolute atomic E-state index is 11.4. The van der Waals surface area contributed by atoms with Gasteiger partial charge in [0.1, 0.15) is 6.61 Å². The SMILES string of the molecule is C/C=C/C=C/COC(=O)CCc1ccccc1. The minimum absolute atomic E-state index is 0.154. The minimum Gasteiger partial charge on any atom is -0.461 e. The van der Waals surface area contributed by atoms with Crippen molar-refractivity contribution >= 4 is 5.97 Å². The summed E-state index contributed by atoms with van der Waals surface area (Å²) in [5.74, 6) is -0.154. The molecule has 0 aliphatic heterocycles. The number of ether oxygens (including phenoxy) is 1. The van der Waals surface area contributed by atoms with Gasteiger partial charge >= 0.3 is 5.97 Å². The van der Waals surface area contributed by atoms with Crippen LogP contribution in [0.5, 0.6) is 0 Å². The Morgan fingerprint density at radius 3 is 2.71 bits per heavy atom. The van der Waals surface area contributed by atoms with Gasteiger partial charge in [-0.3, -0.25) is 4.79 Å². The fourth-order valence-electron chi connectivity index (χ4n) is 1.35. The van der Waals surface area contributed by atoms with E-state index in [1.165, 1.54) is 0 Å². The molecule has 1 aromatic rings. The molecule has 0 aliphatic rings. The summed E-state index contributed by atoms with van der Waals surface area (Å²) in [7, 11) is 0. The van der Waals surface area contributed by atoms with Gasteiger partial charge in [-0.15, -0.1) is 0 Å². The molecule has 0 aliphatic carbocycles. The highest BCUT2D eigenvalue weighted by Crippen LogP contribution is 2.03. The van der Waals surface area contributed by atoms with Crippen LogP contribution in [0.25, 0.3) is 0 Å². The Labute approximate surface area is 103 Å². The van der Waals surface area contributed by atoms with E-state index in [0.29, 0.717) is 13.0 Å². The average Bonchev–Trinajstić information content (AvgIpc) is 2.37. The van der Waals surface area contributed by atoms with Crippen LogP contribution in [0.4, 0.5) is 0 Å². The monoisotopic (exact) mass is 230 g/mol. The van der Waals surface area contributed by atoms with Gasteiger partial charge in [0.15, 0.2) is 0 Å². The first-order valence-electron chi connectivity index (χ1n) is 5.80. The molecule has 0 bridgehead atoms. The van der Waals surface area contributed by atoms with E-state index in [4.69, 9.17) is 4.74 Å². The smallest absolute Gasteiger partial charge is 0.306 e. The Kier molecular flexibility index (Phi) is 6.49. The van der Waals surface area contributed by atoms with Crippen molar-refractivity contribution in [2.45, 2.75) is 19.8 Å². The molecule has 0 saturated heterocycles. The second-order valence-electron chi connectivity index (χ2n) is 3.62. The van der Waals surface area contributed by atoms with Crippen LogP contribution in [0.1, 0.15) is 18.9 Å². The molecule has 1 aromatic carbocycles. The Balaban J connectivity index is 2.18. The van der Waals surface area contributed by atoms with Crippen LogP contribution in [-0.2, 0) is 16.0 Å². The summed E-state index contributed by atoms with van der Waals surface area (Å²) in [6.45, 7) is 2.29. The molecule has 2 nitrogen and oxygen atoms in total. The number of esters is 1. The first-order chi connectivity index (χ1) is 8.33. The summed E-state index contributed by atoms with van der Waals surface area (Å²) < 4.78 is 5.05. The topological polar surface area (TPSA) is 26.3 Å². The van der Waals surface area contributed by atoms with Crippen LogP contribution in [0.15, 0.2) is 54.6 Å². The molecule has 0 N–H and O–H groups in total. The van der Waals surface area contributed by atoms with Crippen molar-refractivity contribution in [2.75, 3.05) is 6.61 Å². The number of carbonyl (C=O) groups excluding carboxylic acids is 1. The molecule has 0 heterocycles. The quantitative estimate of drug-likeness (QED) is 0.553. The molecule has 0 fully saturated rings. The molecule has 17 heavy (non-hydrogen) atoms. The number of hydrogen-bond acceptors (Lipinski definition) is 2. The fourth-order valence-corrected chi connectivity index (χ4v) is 1.35. The van der Waals surface area contributed by atoms with Gasteiger partial charge in [-0.1, -0.05) is 48.6 Å². The molecule has 0 saturated carbocycles. The molecule has 2 heteroatoms. The van der Waals surface area contributed by atoms with E-state index in [0.717, 1.165) is 12.0 Å². The van der Waals surface area contributed by atoms with E-state index in [2.05, 4.69) is 0 Å². The van der Waals surface area contributed by atoms with Crippen LogP contribution in [0.3, 0.4) is 0 Å². The zero-order valence-electron chi connectivity index (χ0n) is 10.1. The molecule has 0 unspecified atom stereocenters. The summed E-state index contributed by atoms with van der Waals surface area (Å²) in [6.07, 6.45) is 8.68. The van der Waals surface area contributed by atoms with Crippen molar-refractivity contribution < 1.29 is 9.53 Å². The van der Waals surface area contributed by atoms with Crippen molar-refractivity contribution in [1.82, 2.24) is 0 Å². The van der Waals surface area contributed by atoms with Crippen LogP contribution in [0, 0.1) is 0 Å². The fraction of sp³-hybridized carbons (Fsp3) is 0.267. The highest BCUT2D eigenvalue weighted by atomic mass is 16.5. The van der Waals surface area contributed by atoms with Crippen LogP contribution in [0.2, 0.25) is 0 Å². The van der Waals surface area contributed by atoms with E-state index < -0.39 is 0 Å². The second kappa shape index (κ2) is 8.34. The predicted molar refractivity (Wildman–Crippen MR) is 69.7 cm³/mol. The summed E-state index contributed by atoms with van der Waals surface area (Å²) in [5.41, 5.74) is 1.16. The Morgan fingerprint density at radius 2 is 2.00 bits per heavy atom. The summed E-state index contributed by atoms with van der Waals surface area (Å²) in [4.78, 5) is 11.4. The lowest BCUT2D eigenvalue weighted by Crippen LogP contribution is -2.05. The van der Waals surface area contributed by atoms with Gasteiger partial charge in [-0.2, -0.15) is 0 Å². The molecule has 0 spiro atoms. The zero-order chi connectivity index (χ0) is 12.3. The van der Waals surface area contributed by atoms with Crippen molar-refractivity contribution in [2.24, 2.45) is 0 Å². The third-order valence-corrected chi connectivity index (χ3v) is 2.24. The average molecular weight is 230 g/mol. The molecule has 0 aromatic heterocycles. The standard InChI is InChI=1S/C15H18O2/c1-2-3-4-8-13-17-15(16)12-11-14-9-6-5-7-10-14/h2-10H,11-13H2,1H3/b3-2+,8-4+. The molecule has 1 rings (SSSR count). The second-order valence-corrected chi connectivity index (χ2v) is 3.62. The third kappa shape index (κ3) is 6.36.